The van der Waals surface area contributed by atoms with Crippen molar-refractivity contribution in [2.45, 2.75) is 13.3 Å². The van der Waals surface area contributed by atoms with Gasteiger partial charge in [0, 0.05) is 18.0 Å². The van der Waals surface area contributed by atoms with Crippen LogP contribution >= 0.6 is 0 Å². The summed E-state index contributed by atoms with van der Waals surface area (Å²) in [5.74, 6) is 0.882. The summed E-state index contributed by atoms with van der Waals surface area (Å²) in [5.41, 5.74) is 3.05. The van der Waals surface area contributed by atoms with Gasteiger partial charge in [-0.1, -0.05) is 12.1 Å². The van der Waals surface area contributed by atoms with Crippen molar-refractivity contribution >= 4 is 0 Å². The minimum atomic E-state index is 0.361. The molecule has 0 spiro atoms. The van der Waals surface area contributed by atoms with Crippen LogP contribution in [-0.2, 0) is 6.42 Å². The maximum atomic E-state index is 8.79. The number of nitriles is 1. The quantitative estimate of drug-likeness (QED) is 0.785. The molecule has 3 rings (SSSR count). The van der Waals surface area contributed by atoms with E-state index in [0.717, 1.165) is 17.5 Å². The lowest BCUT2D eigenvalue weighted by Crippen LogP contribution is -1.90. The summed E-state index contributed by atoms with van der Waals surface area (Å²) in [7, 11) is 0. The van der Waals surface area contributed by atoms with Crippen molar-refractivity contribution in [3.63, 3.8) is 0 Å². The van der Waals surface area contributed by atoms with Gasteiger partial charge in [-0.2, -0.15) is 10.2 Å². The highest BCUT2D eigenvalue weighted by atomic mass is 16.5. The number of nitrogens with one attached hydrogen (secondary N) is 1. The molecule has 0 saturated carbocycles. The zero-order valence-corrected chi connectivity index (χ0v) is 10.8. The third-order valence-corrected chi connectivity index (χ3v) is 2.99. The third kappa shape index (κ3) is 2.06. The van der Waals surface area contributed by atoms with Gasteiger partial charge in [0.1, 0.15) is 17.5 Å². The molecule has 6 heteroatoms. The van der Waals surface area contributed by atoms with E-state index in [1.54, 1.807) is 24.5 Å². The number of aryl methyl sites for hydroxylation is 1. The van der Waals surface area contributed by atoms with Gasteiger partial charge in [-0.3, -0.25) is 4.98 Å². The molecule has 0 aromatic carbocycles. The minimum Gasteiger partial charge on any atom is -0.342 e. The second-order valence-corrected chi connectivity index (χ2v) is 4.21. The molecule has 0 fully saturated rings. The highest BCUT2D eigenvalue weighted by Gasteiger charge is 2.14. The van der Waals surface area contributed by atoms with Gasteiger partial charge in [-0.05, 0) is 30.2 Å². The molecule has 1 N–H and O–H groups in total. The number of aromatic amines is 1. The van der Waals surface area contributed by atoms with E-state index in [1.807, 2.05) is 19.1 Å². The Kier molecular flexibility index (Phi) is 3.01. The van der Waals surface area contributed by atoms with Crippen LogP contribution in [0.15, 0.2) is 35.1 Å². The van der Waals surface area contributed by atoms with E-state index < -0.39 is 0 Å². The second-order valence-electron chi connectivity index (χ2n) is 4.21. The molecule has 0 saturated heterocycles. The van der Waals surface area contributed by atoms with Gasteiger partial charge < -0.3 is 9.51 Å². The number of rotatable bonds is 3. The number of pyridine rings is 1. The molecule has 98 valence electrons. The van der Waals surface area contributed by atoms with Crippen molar-refractivity contribution in [3.05, 3.63) is 41.9 Å². The van der Waals surface area contributed by atoms with Gasteiger partial charge in [0.05, 0.1) is 0 Å². The van der Waals surface area contributed by atoms with Crippen molar-refractivity contribution in [2.24, 2.45) is 0 Å². The summed E-state index contributed by atoms with van der Waals surface area (Å²) < 4.78 is 5.24. The smallest absolute Gasteiger partial charge is 0.274 e. The molecule has 0 unspecified atom stereocenters. The van der Waals surface area contributed by atoms with Crippen molar-refractivity contribution in [3.8, 4) is 29.0 Å². The lowest BCUT2D eigenvalue weighted by molar-refractivity contribution is 0.431. The van der Waals surface area contributed by atoms with Crippen molar-refractivity contribution < 1.29 is 4.52 Å². The van der Waals surface area contributed by atoms with Crippen molar-refractivity contribution in [1.82, 2.24) is 20.1 Å². The highest BCUT2D eigenvalue weighted by Crippen LogP contribution is 2.24. The Labute approximate surface area is 115 Å². The zero-order valence-electron chi connectivity index (χ0n) is 10.8. The molecule has 0 aliphatic heterocycles. The number of nitrogens with zero attached hydrogens (tertiary/aromatic N) is 4. The first-order valence-electron chi connectivity index (χ1n) is 6.18. The first kappa shape index (κ1) is 12.1. The van der Waals surface area contributed by atoms with E-state index in [2.05, 4.69) is 20.1 Å². The fraction of sp³-hybridized carbons (Fsp3) is 0.143. The van der Waals surface area contributed by atoms with Gasteiger partial charge in [-0.25, -0.2) is 0 Å². The minimum absolute atomic E-state index is 0.361. The van der Waals surface area contributed by atoms with Crippen LogP contribution in [0.3, 0.4) is 0 Å². The number of aromatic nitrogens is 4. The lowest BCUT2D eigenvalue weighted by Gasteiger charge is -2.00. The predicted molar refractivity (Wildman–Crippen MR) is 71.4 cm³/mol. The van der Waals surface area contributed by atoms with Crippen LogP contribution in [-0.4, -0.2) is 20.1 Å². The molecule has 3 aromatic heterocycles. The topological polar surface area (TPSA) is 91.4 Å². The summed E-state index contributed by atoms with van der Waals surface area (Å²) in [5, 5.41) is 12.8. The fourth-order valence-corrected chi connectivity index (χ4v) is 1.95. The van der Waals surface area contributed by atoms with Crippen LogP contribution in [0.2, 0.25) is 0 Å². The summed E-state index contributed by atoms with van der Waals surface area (Å²) in [6.07, 6.45) is 4.34. The van der Waals surface area contributed by atoms with Crippen LogP contribution in [0.1, 0.15) is 18.2 Å². The Morgan fingerprint density at radius 3 is 3.00 bits per heavy atom. The van der Waals surface area contributed by atoms with Gasteiger partial charge in [0.25, 0.3) is 5.89 Å². The monoisotopic (exact) mass is 265 g/mol. The normalized spacial score (nSPS) is 10.4. The molecule has 20 heavy (non-hydrogen) atoms. The Hall–Kier alpha value is -2.94. The fourth-order valence-electron chi connectivity index (χ4n) is 1.95. The summed E-state index contributed by atoms with van der Waals surface area (Å²) >= 11 is 0. The molecule has 0 radical (unpaired) electrons. The van der Waals surface area contributed by atoms with E-state index >= 15 is 0 Å². The average molecular weight is 265 g/mol. The molecule has 0 aliphatic carbocycles. The molecular formula is C14H11N5O. The largest absolute Gasteiger partial charge is 0.342 e. The van der Waals surface area contributed by atoms with E-state index in [4.69, 9.17) is 9.78 Å². The van der Waals surface area contributed by atoms with Crippen LogP contribution < -0.4 is 0 Å². The summed E-state index contributed by atoms with van der Waals surface area (Å²) in [6, 6.07) is 7.29. The number of H-pyrrole nitrogens is 1. The SMILES string of the molecule is CCc1cnccc1-c1noc(-c2ccc(C#N)[nH]2)n1. The molecule has 0 aliphatic rings. The van der Waals surface area contributed by atoms with E-state index in [1.165, 1.54) is 0 Å². The first-order chi connectivity index (χ1) is 9.81. The standard InChI is InChI=1S/C14H11N5O/c1-2-9-8-16-6-5-11(9)13-18-14(20-19-13)12-4-3-10(7-15)17-12/h3-6,8,17H,2H2,1H3. The number of hydrogen-bond donors (Lipinski definition) is 1. The Morgan fingerprint density at radius 2 is 2.25 bits per heavy atom. The van der Waals surface area contributed by atoms with Gasteiger partial charge in [0.2, 0.25) is 5.82 Å². The highest BCUT2D eigenvalue weighted by molar-refractivity contribution is 5.61. The van der Waals surface area contributed by atoms with Crippen LogP contribution in [0.4, 0.5) is 0 Å². The molecule has 3 heterocycles. The van der Waals surface area contributed by atoms with E-state index in [9.17, 15) is 0 Å². The van der Waals surface area contributed by atoms with Crippen LogP contribution in [0.25, 0.3) is 23.0 Å². The van der Waals surface area contributed by atoms with Gasteiger partial charge >= 0.3 is 0 Å². The molecule has 3 aromatic rings. The third-order valence-electron chi connectivity index (χ3n) is 2.99. The van der Waals surface area contributed by atoms with Gasteiger partial charge in [-0.15, -0.1) is 0 Å². The van der Waals surface area contributed by atoms with E-state index in [0.29, 0.717) is 23.1 Å². The van der Waals surface area contributed by atoms with Crippen LogP contribution in [0.5, 0.6) is 0 Å². The predicted octanol–water partition coefficient (Wildman–Crippen LogP) is 2.56. The first-order valence-corrected chi connectivity index (χ1v) is 6.18. The average Bonchev–Trinajstić information content (AvgIpc) is 3.15. The summed E-state index contributed by atoms with van der Waals surface area (Å²) in [6.45, 7) is 2.05. The van der Waals surface area contributed by atoms with Crippen molar-refractivity contribution in [2.75, 3.05) is 0 Å². The Balaban J connectivity index is 2.00. The number of hydrogen-bond acceptors (Lipinski definition) is 5. The molecular weight excluding hydrogens is 254 g/mol. The van der Waals surface area contributed by atoms with E-state index in [-0.39, 0.29) is 0 Å². The maximum absolute atomic E-state index is 8.79. The second kappa shape index (κ2) is 4.97. The summed E-state index contributed by atoms with van der Waals surface area (Å²) in [4.78, 5) is 11.4. The zero-order chi connectivity index (χ0) is 13.9. The maximum Gasteiger partial charge on any atom is 0.274 e. The molecule has 0 atom stereocenters. The van der Waals surface area contributed by atoms with Crippen molar-refractivity contribution in [1.29, 1.82) is 5.26 Å². The lowest BCUT2D eigenvalue weighted by atomic mass is 10.1. The molecule has 6 nitrogen and oxygen atoms in total. The Bertz CT molecular complexity index is 781. The van der Waals surface area contributed by atoms with Crippen LogP contribution in [0, 0.1) is 11.3 Å². The molecule has 0 bridgehead atoms. The Morgan fingerprint density at radius 1 is 1.35 bits per heavy atom. The van der Waals surface area contributed by atoms with Gasteiger partial charge in [0.15, 0.2) is 0 Å². The molecule has 0 amide bonds.